The third kappa shape index (κ3) is 4.75. The number of hydrogen-bond acceptors (Lipinski definition) is 4. The first-order valence-corrected chi connectivity index (χ1v) is 11.5. The molecule has 1 atom stereocenters. The van der Waals surface area contributed by atoms with Crippen molar-refractivity contribution in [3.63, 3.8) is 0 Å². The normalized spacial score (nSPS) is 11.9. The smallest absolute Gasteiger partial charge is 0.266 e. The number of nitrogens with zero attached hydrogens (tertiary/aromatic N) is 2. The zero-order chi connectivity index (χ0) is 22.5. The number of aromatic nitrogens is 2. The molecule has 1 N–H and O–H groups in total. The molecule has 1 unspecified atom stereocenters. The number of amides is 1. The highest BCUT2D eigenvalue weighted by atomic mass is 32.2. The molecule has 0 radical (unpaired) electrons. The van der Waals surface area contributed by atoms with Gasteiger partial charge in [-0.05, 0) is 43.2 Å². The molecule has 1 heterocycles. The molecule has 0 saturated heterocycles. The van der Waals surface area contributed by atoms with Crippen LogP contribution in [0.25, 0.3) is 16.6 Å². The van der Waals surface area contributed by atoms with E-state index in [9.17, 15) is 9.59 Å². The van der Waals surface area contributed by atoms with Gasteiger partial charge in [0.1, 0.15) is 0 Å². The first kappa shape index (κ1) is 21.8. The molecule has 0 aliphatic carbocycles. The number of hydrogen-bond donors (Lipinski definition) is 1. The first-order valence-electron chi connectivity index (χ1n) is 10.6. The topological polar surface area (TPSA) is 64.0 Å². The summed E-state index contributed by atoms with van der Waals surface area (Å²) in [6.07, 6.45) is 0.613. The van der Waals surface area contributed by atoms with E-state index in [0.29, 0.717) is 29.0 Å². The molecular weight excluding hydrogens is 418 g/mol. The second-order valence-corrected chi connectivity index (χ2v) is 8.78. The van der Waals surface area contributed by atoms with E-state index in [2.05, 4.69) is 5.32 Å². The van der Waals surface area contributed by atoms with Gasteiger partial charge in [0.25, 0.3) is 5.56 Å². The number of nitrogens with one attached hydrogen (secondary N) is 1. The highest BCUT2D eigenvalue weighted by molar-refractivity contribution is 8.00. The Morgan fingerprint density at radius 2 is 1.69 bits per heavy atom. The zero-order valence-corrected chi connectivity index (χ0v) is 18.9. The predicted molar refractivity (Wildman–Crippen MR) is 130 cm³/mol. The van der Waals surface area contributed by atoms with Crippen molar-refractivity contribution >= 4 is 28.6 Å². The van der Waals surface area contributed by atoms with Crippen LogP contribution in [0.4, 0.5) is 0 Å². The Kier molecular flexibility index (Phi) is 6.71. The molecule has 0 fully saturated rings. The summed E-state index contributed by atoms with van der Waals surface area (Å²) >= 11 is 1.33. The largest absolute Gasteiger partial charge is 0.351 e. The van der Waals surface area contributed by atoms with Crippen molar-refractivity contribution in [1.29, 1.82) is 0 Å². The molecule has 5 nitrogen and oxygen atoms in total. The average molecular weight is 444 g/mol. The van der Waals surface area contributed by atoms with Crippen molar-refractivity contribution in [1.82, 2.24) is 14.9 Å². The number of carbonyl (C=O) groups is 1. The SMILES string of the molecule is CCC(Sc1nc2ccccc2c(=O)n1-c1ccc(C)cc1)C(=O)NCc1ccccc1. The van der Waals surface area contributed by atoms with Gasteiger partial charge in [-0.25, -0.2) is 4.98 Å². The van der Waals surface area contributed by atoms with Crippen LogP contribution in [0.1, 0.15) is 24.5 Å². The van der Waals surface area contributed by atoms with Gasteiger partial charge in [-0.15, -0.1) is 0 Å². The molecule has 0 bridgehead atoms. The molecule has 1 aromatic heterocycles. The predicted octanol–water partition coefficient (Wildman–Crippen LogP) is 4.88. The maximum atomic E-state index is 13.4. The molecule has 4 rings (SSSR count). The molecule has 0 aliphatic rings. The van der Waals surface area contributed by atoms with Gasteiger partial charge in [0, 0.05) is 6.54 Å². The number of fused-ring (bicyclic) bond motifs is 1. The monoisotopic (exact) mass is 443 g/mol. The Balaban J connectivity index is 1.68. The van der Waals surface area contributed by atoms with Crippen LogP contribution in [0.3, 0.4) is 0 Å². The fourth-order valence-electron chi connectivity index (χ4n) is 3.46. The van der Waals surface area contributed by atoms with Crippen LogP contribution in [-0.4, -0.2) is 20.7 Å². The minimum atomic E-state index is -0.372. The number of thioether (sulfide) groups is 1. The van der Waals surface area contributed by atoms with Crippen LogP contribution in [0, 0.1) is 6.92 Å². The lowest BCUT2D eigenvalue weighted by atomic mass is 10.2. The number of rotatable bonds is 7. The number of para-hydroxylation sites is 1. The van der Waals surface area contributed by atoms with E-state index in [0.717, 1.165) is 16.8 Å². The summed E-state index contributed by atoms with van der Waals surface area (Å²) in [5.41, 5.74) is 3.38. The van der Waals surface area contributed by atoms with Crippen molar-refractivity contribution in [3.8, 4) is 5.69 Å². The molecule has 162 valence electrons. The van der Waals surface area contributed by atoms with Gasteiger partial charge in [-0.2, -0.15) is 0 Å². The minimum absolute atomic E-state index is 0.0702. The molecule has 4 aromatic rings. The Hall–Kier alpha value is -3.38. The van der Waals surface area contributed by atoms with E-state index in [4.69, 9.17) is 4.98 Å². The molecule has 0 saturated carbocycles. The van der Waals surface area contributed by atoms with E-state index in [1.165, 1.54) is 11.8 Å². The molecule has 1 amide bonds. The third-order valence-corrected chi connectivity index (χ3v) is 6.57. The number of aryl methyl sites for hydroxylation is 1. The van der Waals surface area contributed by atoms with Crippen LogP contribution < -0.4 is 10.9 Å². The van der Waals surface area contributed by atoms with E-state index in [-0.39, 0.29) is 16.7 Å². The van der Waals surface area contributed by atoms with Crippen LogP contribution in [0.2, 0.25) is 0 Å². The van der Waals surface area contributed by atoms with Gasteiger partial charge in [-0.3, -0.25) is 14.2 Å². The van der Waals surface area contributed by atoms with Gasteiger partial charge in [0.05, 0.1) is 21.8 Å². The maximum absolute atomic E-state index is 13.4. The minimum Gasteiger partial charge on any atom is -0.351 e. The second-order valence-electron chi connectivity index (χ2n) is 7.61. The summed E-state index contributed by atoms with van der Waals surface area (Å²) in [6, 6.07) is 24.9. The van der Waals surface area contributed by atoms with E-state index >= 15 is 0 Å². The van der Waals surface area contributed by atoms with Crippen molar-refractivity contribution in [3.05, 3.63) is 100 Å². The molecule has 32 heavy (non-hydrogen) atoms. The molecule has 6 heteroatoms. The van der Waals surface area contributed by atoms with Crippen LogP contribution >= 0.6 is 11.8 Å². The molecule has 0 aliphatic heterocycles. The van der Waals surface area contributed by atoms with Gasteiger partial charge in [0.2, 0.25) is 5.91 Å². The lowest BCUT2D eigenvalue weighted by Gasteiger charge is -2.18. The fourth-order valence-corrected chi connectivity index (χ4v) is 4.52. The summed E-state index contributed by atoms with van der Waals surface area (Å²) in [6.45, 7) is 4.44. The summed E-state index contributed by atoms with van der Waals surface area (Å²) < 4.78 is 1.61. The Morgan fingerprint density at radius 1 is 1.00 bits per heavy atom. The van der Waals surface area contributed by atoms with E-state index < -0.39 is 0 Å². The maximum Gasteiger partial charge on any atom is 0.266 e. The van der Waals surface area contributed by atoms with Crippen LogP contribution in [-0.2, 0) is 11.3 Å². The van der Waals surface area contributed by atoms with Gasteiger partial charge in [0.15, 0.2) is 5.16 Å². The number of benzene rings is 3. The van der Waals surface area contributed by atoms with Gasteiger partial charge >= 0.3 is 0 Å². The molecule has 3 aromatic carbocycles. The van der Waals surface area contributed by atoms with Gasteiger partial charge < -0.3 is 5.32 Å². The Bertz CT molecular complexity index is 1280. The van der Waals surface area contributed by atoms with Crippen molar-refractivity contribution in [2.24, 2.45) is 0 Å². The zero-order valence-electron chi connectivity index (χ0n) is 18.1. The lowest BCUT2D eigenvalue weighted by Crippen LogP contribution is -2.33. The summed E-state index contributed by atoms with van der Waals surface area (Å²) in [5.74, 6) is -0.0702. The first-order chi connectivity index (χ1) is 15.6. The summed E-state index contributed by atoms with van der Waals surface area (Å²) in [7, 11) is 0. The third-order valence-electron chi connectivity index (χ3n) is 5.26. The Morgan fingerprint density at radius 3 is 2.41 bits per heavy atom. The molecular formula is C26H25N3O2S. The van der Waals surface area contributed by atoms with Gasteiger partial charge in [-0.1, -0.05) is 78.8 Å². The van der Waals surface area contributed by atoms with E-state index in [1.54, 1.807) is 10.6 Å². The van der Waals surface area contributed by atoms with Crippen LogP contribution in [0.15, 0.2) is 88.8 Å². The van der Waals surface area contributed by atoms with E-state index in [1.807, 2.05) is 86.6 Å². The summed E-state index contributed by atoms with van der Waals surface area (Å²) in [4.78, 5) is 31.1. The van der Waals surface area contributed by atoms with Crippen molar-refractivity contribution in [2.45, 2.75) is 37.2 Å². The highest BCUT2D eigenvalue weighted by Gasteiger charge is 2.22. The highest BCUT2D eigenvalue weighted by Crippen LogP contribution is 2.27. The Labute approximate surface area is 191 Å². The van der Waals surface area contributed by atoms with Crippen molar-refractivity contribution in [2.75, 3.05) is 0 Å². The number of carbonyl (C=O) groups excluding carboxylic acids is 1. The second kappa shape index (κ2) is 9.83. The fraction of sp³-hybridized carbons (Fsp3) is 0.192. The molecule has 0 spiro atoms. The lowest BCUT2D eigenvalue weighted by molar-refractivity contribution is -0.120. The standard InChI is InChI=1S/C26H25N3O2S/c1-3-23(24(30)27-17-19-9-5-4-6-10-19)32-26-28-22-12-8-7-11-21(22)25(31)29(26)20-15-13-18(2)14-16-20/h4-16,23H,3,17H2,1-2H3,(H,27,30). The van der Waals surface area contributed by atoms with Crippen molar-refractivity contribution < 1.29 is 4.79 Å². The van der Waals surface area contributed by atoms with Crippen LogP contribution in [0.5, 0.6) is 0 Å². The average Bonchev–Trinajstić information content (AvgIpc) is 2.82. The summed E-state index contributed by atoms with van der Waals surface area (Å²) in [5, 5.41) is 3.71. The quantitative estimate of drug-likeness (QED) is 0.327.